The van der Waals surface area contributed by atoms with Gasteiger partial charge in [0.1, 0.15) is 24.8 Å². The lowest BCUT2D eigenvalue weighted by atomic mass is 10.0. The smallest absolute Gasteiger partial charge is 0.158 e. The van der Waals surface area contributed by atoms with Crippen molar-refractivity contribution in [3.8, 4) is 0 Å². The maximum atomic E-state index is 11.5. The average Bonchev–Trinajstić information content (AvgIpc) is 2.52. The molecule has 0 rings (SSSR count). The highest BCUT2D eigenvalue weighted by atomic mass is 16.5. The van der Waals surface area contributed by atoms with Gasteiger partial charge in [0.2, 0.25) is 0 Å². The SMILES string of the molecule is C.CC(C)C(=O)CCC(=O)COCCOCC(=O)CCC(=O)C(C)C. The van der Waals surface area contributed by atoms with Gasteiger partial charge >= 0.3 is 0 Å². The second-order valence-corrected chi connectivity index (χ2v) is 6.42. The van der Waals surface area contributed by atoms with E-state index in [9.17, 15) is 19.2 Å². The van der Waals surface area contributed by atoms with Crippen molar-refractivity contribution in [2.45, 2.75) is 60.8 Å². The van der Waals surface area contributed by atoms with E-state index in [1.807, 2.05) is 0 Å². The minimum Gasteiger partial charge on any atom is -0.371 e. The Kier molecular flexibility index (Phi) is 15.4. The summed E-state index contributed by atoms with van der Waals surface area (Å²) in [7, 11) is 0. The Morgan fingerprint density at radius 1 is 0.640 bits per heavy atom. The summed E-state index contributed by atoms with van der Waals surface area (Å²) in [5.41, 5.74) is 0. The van der Waals surface area contributed by atoms with E-state index in [2.05, 4.69) is 0 Å². The first-order valence-corrected chi connectivity index (χ1v) is 8.48. The van der Waals surface area contributed by atoms with Gasteiger partial charge in [-0.25, -0.2) is 0 Å². The minimum atomic E-state index is -0.118. The molecule has 6 nitrogen and oxygen atoms in total. The predicted octanol–water partition coefficient (Wildman–Crippen LogP) is 2.80. The minimum absolute atomic E-state index is 0. The summed E-state index contributed by atoms with van der Waals surface area (Å²) >= 11 is 0. The largest absolute Gasteiger partial charge is 0.371 e. The molecule has 0 bridgehead atoms. The fraction of sp³-hybridized carbons (Fsp3) is 0.789. The van der Waals surface area contributed by atoms with E-state index in [-0.39, 0.29) is 94.5 Å². The molecule has 0 heterocycles. The summed E-state index contributed by atoms with van der Waals surface area (Å²) in [6.45, 7) is 7.55. The van der Waals surface area contributed by atoms with Crippen LogP contribution in [0.5, 0.6) is 0 Å². The van der Waals surface area contributed by atoms with Crippen LogP contribution in [0.25, 0.3) is 0 Å². The molecule has 0 aliphatic heterocycles. The van der Waals surface area contributed by atoms with Crippen LogP contribution < -0.4 is 0 Å². The van der Waals surface area contributed by atoms with Gasteiger partial charge in [-0.3, -0.25) is 19.2 Å². The first-order valence-electron chi connectivity index (χ1n) is 8.48. The Hall–Kier alpha value is -1.40. The van der Waals surface area contributed by atoms with Crippen molar-refractivity contribution in [2.24, 2.45) is 11.8 Å². The van der Waals surface area contributed by atoms with Crippen LogP contribution in [0.4, 0.5) is 0 Å². The zero-order valence-electron chi connectivity index (χ0n) is 15.3. The van der Waals surface area contributed by atoms with E-state index in [1.54, 1.807) is 27.7 Å². The third-order valence-electron chi connectivity index (χ3n) is 3.49. The third kappa shape index (κ3) is 14.6. The van der Waals surface area contributed by atoms with Crippen molar-refractivity contribution in [2.75, 3.05) is 26.4 Å². The van der Waals surface area contributed by atoms with Gasteiger partial charge in [0.15, 0.2) is 11.6 Å². The number of ketones is 4. The van der Waals surface area contributed by atoms with Crippen molar-refractivity contribution in [1.82, 2.24) is 0 Å². The predicted molar refractivity (Wildman–Crippen MR) is 96.5 cm³/mol. The molecule has 0 atom stereocenters. The highest BCUT2D eigenvalue weighted by Gasteiger charge is 2.11. The van der Waals surface area contributed by atoms with Crippen molar-refractivity contribution in [3.63, 3.8) is 0 Å². The second kappa shape index (κ2) is 14.9. The van der Waals surface area contributed by atoms with Crippen LogP contribution in [0.2, 0.25) is 0 Å². The summed E-state index contributed by atoms with van der Waals surface area (Å²) in [6, 6.07) is 0. The van der Waals surface area contributed by atoms with Crippen LogP contribution in [0, 0.1) is 11.8 Å². The molecule has 6 heteroatoms. The molecule has 0 N–H and O–H groups in total. The standard InChI is InChI=1S/C18H30O6.CH4/c1-13(2)17(21)7-5-15(19)11-23-9-10-24-12-16(20)6-8-18(22)14(3)4;/h13-14H,5-12H2,1-4H3;1H4. The molecule has 0 spiro atoms. The van der Waals surface area contributed by atoms with Gasteiger partial charge in [0, 0.05) is 37.5 Å². The number of ether oxygens (including phenoxy) is 2. The zero-order chi connectivity index (χ0) is 18.5. The van der Waals surface area contributed by atoms with Crippen molar-refractivity contribution in [3.05, 3.63) is 0 Å². The third-order valence-corrected chi connectivity index (χ3v) is 3.49. The Morgan fingerprint density at radius 3 is 1.24 bits per heavy atom. The summed E-state index contributed by atoms with van der Waals surface area (Å²) in [5, 5.41) is 0. The first kappa shape index (κ1) is 25.8. The zero-order valence-corrected chi connectivity index (χ0v) is 15.3. The molecule has 0 amide bonds. The molecule has 0 aromatic carbocycles. The molecule has 0 aliphatic rings. The summed E-state index contributed by atoms with van der Waals surface area (Å²) in [5.74, 6) is -0.206. The van der Waals surface area contributed by atoms with Gasteiger partial charge in [0.05, 0.1) is 13.2 Å². The van der Waals surface area contributed by atoms with Crippen molar-refractivity contribution in [1.29, 1.82) is 0 Å². The van der Waals surface area contributed by atoms with Crippen molar-refractivity contribution >= 4 is 23.1 Å². The number of carbonyl (C=O) groups excluding carboxylic acids is 4. The van der Waals surface area contributed by atoms with Gasteiger partial charge in [-0.2, -0.15) is 0 Å². The van der Waals surface area contributed by atoms with Crippen LogP contribution in [0.3, 0.4) is 0 Å². The molecule has 0 fully saturated rings. The number of hydrogen-bond acceptors (Lipinski definition) is 6. The molecule has 0 saturated heterocycles. The van der Waals surface area contributed by atoms with E-state index < -0.39 is 0 Å². The number of carbonyl (C=O) groups is 4. The maximum absolute atomic E-state index is 11.5. The molecule has 25 heavy (non-hydrogen) atoms. The molecule has 0 unspecified atom stereocenters. The number of hydrogen-bond donors (Lipinski definition) is 0. The van der Waals surface area contributed by atoms with E-state index >= 15 is 0 Å². The summed E-state index contributed by atoms with van der Waals surface area (Å²) in [6.07, 6.45) is 0.889. The van der Waals surface area contributed by atoms with Gasteiger partial charge in [-0.15, -0.1) is 0 Å². The van der Waals surface area contributed by atoms with E-state index in [4.69, 9.17) is 9.47 Å². The quantitative estimate of drug-likeness (QED) is 0.418. The Labute approximate surface area is 151 Å². The van der Waals surface area contributed by atoms with Crippen LogP contribution in [-0.2, 0) is 28.7 Å². The Balaban J connectivity index is 0. The highest BCUT2D eigenvalue weighted by Crippen LogP contribution is 2.03. The Morgan fingerprint density at radius 2 is 0.960 bits per heavy atom. The van der Waals surface area contributed by atoms with Crippen LogP contribution in [0.15, 0.2) is 0 Å². The average molecular weight is 358 g/mol. The molecule has 0 aromatic rings. The lowest BCUT2D eigenvalue weighted by Gasteiger charge is -2.06. The van der Waals surface area contributed by atoms with Gasteiger partial charge in [0.25, 0.3) is 0 Å². The Bertz CT molecular complexity index is 386. The van der Waals surface area contributed by atoms with Crippen molar-refractivity contribution < 1.29 is 28.7 Å². The summed E-state index contributed by atoms with van der Waals surface area (Å²) in [4.78, 5) is 45.8. The topological polar surface area (TPSA) is 86.7 Å². The normalized spacial score (nSPS) is 10.6. The molecular weight excluding hydrogens is 324 g/mol. The fourth-order valence-electron chi connectivity index (χ4n) is 1.74. The fourth-order valence-corrected chi connectivity index (χ4v) is 1.74. The lowest BCUT2D eigenvalue weighted by Crippen LogP contribution is -2.17. The van der Waals surface area contributed by atoms with Crippen LogP contribution >= 0.6 is 0 Å². The van der Waals surface area contributed by atoms with Gasteiger partial charge < -0.3 is 9.47 Å². The molecular formula is C19H34O6. The monoisotopic (exact) mass is 358 g/mol. The molecule has 146 valence electrons. The van der Waals surface area contributed by atoms with E-state index in [0.717, 1.165) is 0 Å². The molecule has 0 radical (unpaired) electrons. The number of rotatable bonds is 15. The molecule has 0 saturated carbocycles. The second-order valence-electron chi connectivity index (χ2n) is 6.42. The molecule has 0 aromatic heterocycles. The molecule has 0 aliphatic carbocycles. The van der Waals surface area contributed by atoms with E-state index in [1.165, 1.54) is 0 Å². The van der Waals surface area contributed by atoms with Gasteiger partial charge in [-0.1, -0.05) is 35.1 Å². The first-order chi connectivity index (χ1) is 11.2. The highest BCUT2D eigenvalue weighted by molar-refractivity contribution is 5.88. The van der Waals surface area contributed by atoms with E-state index in [0.29, 0.717) is 0 Å². The maximum Gasteiger partial charge on any atom is 0.158 e. The lowest BCUT2D eigenvalue weighted by molar-refractivity contribution is -0.129. The van der Waals surface area contributed by atoms with Gasteiger partial charge in [-0.05, 0) is 0 Å². The van der Waals surface area contributed by atoms with Crippen LogP contribution in [-0.4, -0.2) is 49.6 Å². The number of Topliss-reactive ketones (excluding diaryl/α,β-unsaturated/α-hetero) is 4. The van der Waals surface area contributed by atoms with Crippen LogP contribution in [0.1, 0.15) is 60.8 Å². The summed E-state index contributed by atoms with van der Waals surface area (Å²) < 4.78 is 10.3.